The number of rotatable bonds is 4. The topological polar surface area (TPSA) is 39.1 Å². The number of anilines is 1. The number of benzene rings is 1. The number of halogens is 1. The number of hydrogen-bond acceptors (Lipinski definition) is 3. The second-order valence-corrected chi connectivity index (χ2v) is 5.83. The molecule has 0 radical (unpaired) electrons. The van der Waals surface area contributed by atoms with Crippen molar-refractivity contribution in [2.75, 3.05) is 31.1 Å². The summed E-state index contributed by atoms with van der Waals surface area (Å²) < 4.78 is 0.885. The maximum Gasteiger partial charge on any atom is 0.103 e. The van der Waals surface area contributed by atoms with Crippen molar-refractivity contribution in [1.29, 1.82) is 5.26 Å². The van der Waals surface area contributed by atoms with Crippen LogP contribution in [0.2, 0.25) is 0 Å². The van der Waals surface area contributed by atoms with Gasteiger partial charge in [-0.1, -0.05) is 6.07 Å². The fourth-order valence-corrected chi connectivity index (χ4v) is 3.11. The van der Waals surface area contributed by atoms with Crippen LogP contribution in [0.5, 0.6) is 0 Å². The first-order valence-corrected chi connectivity index (χ1v) is 7.69. The monoisotopic (exact) mass is 321 g/mol. The van der Waals surface area contributed by atoms with Crippen molar-refractivity contribution < 1.29 is 0 Å². The molecular formula is C15H20BrN3. The van der Waals surface area contributed by atoms with Crippen LogP contribution in [0.4, 0.5) is 5.69 Å². The Bertz CT molecular complexity index is 461. The lowest BCUT2D eigenvalue weighted by Gasteiger charge is -2.31. The van der Waals surface area contributed by atoms with Crippen LogP contribution in [0.25, 0.3) is 0 Å². The third-order valence-electron chi connectivity index (χ3n) is 3.76. The van der Waals surface area contributed by atoms with Crippen LogP contribution in [0.3, 0.4) is 0 Å². The highest BCUT2D eigenvalue weighted by Crippen LogP contribution is 2.28. The Labute approximate surface area is 123 Å². The maximum absolute atomic E-state index is 9.33. The third-order valence-corrected chi connectivity index (χ3v) is 4.42. The van der Waals surface area contributed by atoms with E-state index in [0.29, 0.717) is 0 Å². The summed E-state index contributed by atoms with van der Waals surface area (Å²) in [6, 6.07) is 8.30. The summed E-state index contributed by atoms with van der Waals surface area (Å²) in [5.41, 5.74) is 1.80. The highest BCUT2D eigenvalue weighted by atomic mass is 79.9. The van der Waals surface area contributed by atoms with E-state index in [4.69, 9.17) is 0 Å². The normalized spacial score (nSPS) is 16.1. The predicted molar refractivity (Wildman–Crippen MR) is 82.3 cm³/mol. The number of piperidine rings is 1. The van der Waals surface area contributed by atoms with E-state index in [9.17, 15) is 5.26 Å². The van der Waals surface area contributed by atoms with Crippen molar-refractivity contribution in [3.8, 4) is 6.07 Å². The van der Waals surface area contributed by atoms with Gasteiger partial charge in [0.1, 0.15) is 6.07 Å². The third kappa shape index (κ3) is 3.49. The van der Waals surface area contributed by atoms with Gasteiger partial charge in [-0.15, -0.1) is 0 Å². The van der Waals surface area contributed by atoms with E-state index < -0.39 is 0 Å². The lowest BCUT2D eigenvalue weighted by Crippen LogP contribution is -2.36. The van der Waals surface area contributed by atoms with Gasteiger partial charge in [0.2, 0.25) is 0 Å². The van der Waals surface area contributed by atoms with E-state index >= 15 is 0 Å². The van der Waals surface area contributed by atoms with E-state index in [-0.39, 0.29) is 0 Å². The molecule has 0 bridgehead atoms. The molecule has 1 aliphatic rings. The Balaban J connectivity index is 2.17. The van der Waals surface area contributed by atoms with Crippen LogP contribution in [0.1, 0.15) is 25.3 Å². The van der Waals surface area contributed by atoms with Gasteiger partial charge in [0.05, 0.1) is 11.3 Å². The molecule has 0 aliphatic carbocycles. The molecule has 1 aromatic rings. The Kier molecular flexibility index (Phi) is 5.24. The van der Waals surface area contributed by atoms with Gasteiger partial charge in [0.25, 0.3) is 0 Å². The molecule has 1 heterocycles. The molecule has 2 rings (SSSR count). The second-order valence-electron chi connectivity index (χ2n) is 4.98. The van der Waals surface area contributed by atoms with E-state index in [2.05, 4.69) is 39.1 Å². The van der Waals surface area contributed by atoms with Crippen LogP contribution >= 0.6 is 15.9 Å². The Morgan fingerprint density at radius 3 is 2.79 bits per heavy atom. The molecule has 1 aliphatic heterocycles. The number of nitriles is 1. The molecule has 3 nitrogen and oxygen atoms in total. The highest BCUT2D eigenvalue weighted by Gasteiger charge is 2.19. The van der Waals surface area contributed by atoms with Gasteiger partial charge in [0, 0.05) is 17.6 Å². The molecule has 19 heavy (non-hydrogen) atoms. The van der Waals surface area contributed by atoms with Crippen LogP contribution < -0.4 is 10.2 Å². The van der Waals surface area contributed by atoms with Gasteiger partial charge in [-0.3, -0.25) is 0 Å². The first-order chi connectivity index (χ1) is 9.26. The van der Waals surface area contributed by atoms with Gasteiger partial charge >= 0.3 is 0 Å². The lowest BCUT2D eigenvalue weighted by molar-refractivity contribution is 0.374. The number of nitrogens with zero attached hydrogens (tertiary/aromatic N) is 2. The molecule has 4 heteroatoms. The van der Waals surface area contributed by atoms with Gasteiger partial charge in [-0.25, -0.2) is 0 Å². The van der Waals surface area contributed by atoms with Gasteiger partial charge in [0.15, 0.2) is 0 Å². The summed E-state index contributed by atoms with van der Waals surface area (Å²) in [7, 11) is 0. The molecule has 0 spiro atoms. The molecule has 1 aromatic carbocycles. The van der Waals surface area contributed by atoms with Crippen molar-refractivity contribution >= 4 is 21.6 Å². The molecule has 0 saturated carbocycles. The minimum absolute atomic E-state index is 0.728. The molecule has 0 unspecified atom stereocenters. The molecule has 1 N–H and O–H groups in total. The maximum atomic E-state index is 9.33. The SMILES string of the molecule is CCN(CC1CCNCC1)c1cccc(Br)c1C#N. The van der Waals surface area contributed by atoms with Gasteiger partial charge in [-0.05, 0) is 66.8 Å². The second kappa shape index (κ2) is 6.93. The van der Waals surface area contributed by atoms with Crippen molar-refractivity contribution in [3.63, 3.8) is 0 Å². The Morgan fingerprint density at radius 2 is 2.16 bits per heavy atom. The van der Waals surface area contributed by atoms with E-state index in [1.54, 1.807) is 0 Å². The summed E-state index contributed by atoms with van der Waals surface area (Å²) in [5.74, 6) is 0.728. The van der Waals surface area contributed by atoms with Crippen LogP contribution in [0, 0.1) is 17.2 Å². The van der Waals surface area contributed by atoms with Crippen LogP contribution in [0.15, 0.2) is 22.7 Å². The van der Waals surface area contributed by atoms with Crippen molar-refractivity contribution in [2.45, 2.75) is 19.8 Å². The van der Waals surface area contributed by atoms with E-state index in [1.807, 2.05) is 18.2 Å². The predicted octanol–water partition coefficient (Wildman–Crippen LogP) is 3.15. The fraction of sp³-hybridized carbons (Fsp3) is 0.533. The highest BCUT2D eigenvalue weighted by molar-refractivity contribution is 9.10. The molecule has 0 aromatic heterocycles. The van der Waals surface area contributed by atoms with Crippen LogP contribution in [-0.4, -0.2) is 26.2 Å². The quantitative estimate of drug-likeness (QED) is 0.925. The van der Waals surface area contributed by atoms with E-state index in [1.165, 1.54) is 12.8 Å². The zero-order chi connectivity index (χ0) is 13.7. The zero-order valence-electron chi connectivity index (χ0n) is 11.3. The number of hydrogen-bond donors (Lipinski definition) is 1. The fourth-order valence-electron chi connectivity index (χ4n) is 2.66. The molecule has 102 valence electrons. The summed E-state index contributed by atoms with van der Waals surface area (Å²) in [6.45, 7) is 6.37. The van der Waals surface area contributed by atoms with Gasteiger partial charge < -0.3 is 10.2 Å². The summed E-state index contributed by atoms with van der Waals surface area (Å²) in [6.07, 6.45) is 2.46. The number of nitrogens with one attached hydrogen (secondary N) is 1. The summed E-state index contributed by atoms with van der Waals surface area (Å²) in [5, 5.41) is 12.7. The van der Waals surface area contributed by atoms with Crippen LogP contribution in [-0.2, 0) is 0 Å². The van der Waals surface area contributed by atoms with Crippen molar-refractivity contribution in [1.82, 2.24) is 5.32 Å². The molecule has 0 amide bonds. The lowest BCUT2D eigenvalue weighted by atomic mass is 9.97. The van der Waals surface area contributed by atoms with Gasteiger partial charge in [-0.2, -0.15) is 5.26 Å². The zero-order valence-corrected chi connectivity index (χ0v) is 12.9. The van der Waals surface area contributed by atoms with Crippen molar-refractivity contribution in [2.24, 2.45) is 5.92 Å². The smallest absolute Gasteiger partial charge is 0.103 e. The average molecular weight is 322 g/mol. The first kappa shape index (κ1) is 14.4. The first-order valence-electron chi connectivity index (χ1n) is 6.90. The summed E-state index contributed by atoms with van der Waals surface area (Å²) in [4.78, 5) is 2.33. The molecular weight excluding hydrogens is 302 g/mol. The minimum atomic E-state index is 0.728. The standard InChI is InChI=1S/C15H20BrN3/c1-2-19(11-12-6-8-18-9-7-12)15-5-3-4-14(16)13(15)10-17/h3-5,12,18H,2,6-9,11H2,1H3. The molecule has 1 fully saturated rings. The largest absolute Gasteiger partial charge is 0.370 e. The van der Waals surface area contributed by atoms with E-state index in [0.717, 1.165) is 47.8 Å². The Morgan fingerprint density at radius 1 is 1.42 bits per heavy atom. The average Bonchev–Trinajstić information content (AvgIpc) is 2.45. The minimum Gasteiger partial charge on any atom is -0.370 e. The molecule has 1 saturated heterocycles. The van der Waals surface area contributed by atoms with Crippen molar-refractivity contribution in [3.05, 3.63) is 28.2 Å². The Hall–Kier alpha value is -1.05. The summed E-state index contributed by atoms with van der Waals surface area (Å²) >= 11 is 3.47. The molecule has 0 atom stereocenters.